The molecule has 2 rings (SSSR count). The van der Waals surface area contributed by atoms with Crippen molar-refractivity contribution in [2.24, 2.45) is 0 Å². The van der Waals surface area contributed by atoms with Gasteiger partial charge in [-0.05, 0) is 31.4 Å². The highest BCUT2D eigenvalue weighted by Gasteiger charge is 2.19. The number of aromatic nitrogens is 1. The average Bonchev–Trinajstić information content (AvgIpc) is 2.91. The molecule has 6 heteroatoms. The first-order chi connectivity index (χ1) is 9.16. The summed E-state index contributed by atoms with van der Waals surface area (Å²) < 4.78 is 5.36. The summed E-state index contributed by atoms with van der Waals surface area (Å²) in [7, 11) is 0. The van der Waals surface area contributed by atoms with Crippen LogP contribution in [0.2, 0.25) is 0 Å². The zero-order chi connectivity index (χ0) is 13.7. The van der Waals surface area contributed by atoms with Gasteiger partial charge in [0.1, 0.15) is 5.82 Å². The maximum Gasteiger partial charge on any atom is 0.314 e. The van der Waals surface area contributed by atoms with Crippen LogP contribution in [0.4, 0.5) is 5.82 Å². The molecule has 2 N–H and O–H groups in total. The van der Waals surface area contributed by atoms with Crippen molar-refractivity contribution in [2.45, 2.75) is 25.9 Å². The topological polar surface area (TPSA) is 80.3 Å². The lowest BCUT2D eigenvalue weighted by atomic mass is 10.2. The van der Waals surface area contributed by atoms with Crippen LogP contribution in [0.25, 0.3) is 0 Å². The Bertz CT molecular complexity index is 470. The predicted molar refractivity (Wildman–Crippen MR) is 69.6 cm³/mol. The van der Waals surface area contributed by atoms with Crippen molar-refractivity contribution in [3.05, 3.63) is 23.9 Å². The summed E-state index contributed by atoms with van der Waals surface area (Å²) in [5.74, 6) is -0.972. The molecule has 1 fully saturated rings. The lowest BCUT2D eigenvalue weighted by Gasteiger charge is -2.11. The van der Waals surface area contributed by atoms with Crippen LogP contribution in [-0.2, 0) is 14.3 Å². The minimum atomic E-state index is -0.709. The van der Waals surface area contributed by atoms with Crippen LogP contribution < -0.4 is 10.6 Å². The van der Waals surface area contributed by atoms with Crippen LogP contribution in [-0.4, -0.2) is 36.1 Å². The van der Waals surface area contributed by atoms with Crippen molar-refractivity contribution in [2.75, 3.05) is 18.5 Å². The lowest BCUT2D eigenvalue weighted by molar-refractivity contribution is -0.136. The van der Waals surface area contributed by atoms with E-state index >= 15 is 0 Å². The van der Waals surface area contributed by atoms with Gasteiger partial charge in [0.25, 0.3) is 0 Å². The molecule has 0 spiro atoms. The third-order valence-electron chi connectivity index (χ3n) is 2.96. The molecule has 1 atom stereocenters. The van der Waals surface area contributed by atoms with Crippen LogP contribution in [0.15, 0.2) is 18.3 Å². The highest BCUT2D eigenvalue weighted by Crippen LogP contribution is 2.11. The Labute approximate surface area is 111 Å². The number of hydrogen-bond acceptors (Lipinski definition) is 4. The molecule has 19 heavy (non-hydrogen) atoms. The first-order valence-electron chi connectivity index (χ1n) is 6.29. The molecule has 0 bridgehead atoms. The molecule has 1 aliphatic heterocycles. The van der Waals surface area contributed by atoms with Crippen LogP contribution in [0, 0.1) is 6.92 Å². The summed E-state index contributed by atoms with van der Waals surface area (Å²) in [5.41, 5.74) is 0.808. The number of anilines is 1. The molecular formula is C13H17N3O3. The molecule has 0 radical (unpaired) electrons. The predicted octanol–water partition coefficient (Wildman–Crippen LogP) is 0.624. The Balaban J connectivity index is 1.82. The van der Waals surface area contributed by atoms with Crippen molar-refractivity contribution < 1.29 is 14.3 Å². The van der Waals surface area contributed by atoms with Crippen molar-refractivity contribution in [1.82, 2.24) is 10.3 Å². The van der Waals surface area contributed by atoms with Crippen molar-refractivity contribution >= 4 is 17.6 Å². The third-order valence-corrected chi connectivity index (χ3v) is 2.96. The Morgan fingerprint density at radius 2 is 2.32 bits per heavy atom. The molecule has 102 valence electrons. The minimum absolute atomic E-state index is 0.0216. The molecule has 0 aromatic carbocycles. The first kappa shape index (κ1) is 13.5. The van der Waals surface area contributed by atoms with Gasteiger partial charge in [-0.2, -0.15) is 0 Å². The summed E-state index contributed by atoms with van der Waals surface area (Å²) in [4.78, 5) is 27.3. The smallest absolute Gasteiger partial charge is 0.314 e. The lowest BCUT2D eigenvalue weighted by Crippen LogP contribution is -2.39. The Morgan fingerprint density at radius 3 is 3.00 bits per heavy atom. The summed E-state index contributed by atoms with van der Waals surface area (Å²) >= 11 is 0. The highest BCUT2D eigenvalue weighted by atomic mass is 16.5. The third kappa shape index (κ3) is 3.75. The van der Waals surface area contributed by atoms with Crippen molar-refractivity contribution in [1.29, 1.82) is 0 Å². The van der Waals surface area contributed by atoms with Gasteiger partial charge in [-0.3, -0.25) is 9.59 Å². The van der Waals surface area contributed by atoms with Crippen LogP contribution in [0.1, 0.15) is 18.4 Å². The first-order valence-corrected chi connectivity index (χ1v) is 6.29. The highest BCUT2D eigenvalue weighted by molar-refractivity contribution is 6.39. The van der Waals surface area contributed by atoms with E-state index in [0.29, 0.717) is 12.4 Å². The standard InChI is InChI=1S/C13H17N3O3/c1-9-4-2-6-14-11(9)16-13(18)12(17)15-8-10-5-3-7-19-10/h2,4,6,10H,3,5,7-8H2,1H3,(H,15,17)(H,14,16,18)/t10-/m1/s1. The fourth-order valence-corrected chi connectivity index (χ4v) is 1.87. The summed E-state index contributed by atoms with van der Waals surface area (Å²) in [6.45, 7) is 2.90. The van der Waals surface area contributed by atoms with E-state index in [1.54, 1.807) is 12.3 Å². The molecule has 1 aromatic rings. The van der Waals surface area contributed by atoms with Crippen molar-refractivity contribution in [3.8, 4) is 0 Å². The van der Waals surface area contributed by atoms with Crippen LogP contribution >= 0.6 is 0 Å². The fraction of sp³-hybridized carbons (Fsp3) is 0.462. The number of rotatable bonds is 3. The molecule has 2 heterocycles. The monoisotopic (exact) mass is 263 g/mol. The van der Waals surface area contributed by atoms with E-state index in [-0.39, 0.29) is 6.10 Å². The molecule has 1 aromatic heterocycles. The van der Waals surface area contributed by atoms with Gasteiger partial charge in [0, 0.05) is 19.3 Å². The Kier molecular flexibility index (Phi) is 4.46. The second-order valence-corrected chi connectivity index (χ2v) is 4.47. The molecule has 2 amide bonds. The molecule has 6 nitrogen and oxygen atoms in total. The van der Waals surface area contributed by atoms with E-state index in [9.17, 15) is 9.59 Å². The normalized spacial score (nSPS) is 18.1. The Morgan fingerprint density at radius 1 is 1.47 bits per heavy atom. The van der Waals surface area contributed by atoms with Crippen molar-refractivity contribution in [3.63, 3.8) is 0 Å². The summed E-state index contributed by atoms with van der Waals surface area (Å²) in [6, 6.07) is 3.58. The van der Waals surface area contributed by atoms with E-state index in [0.717, 1.165) is 25.0 Å². The van der Waals surface area contributed by atoms with Crippen LogP contribution in [0.5, 0.6) is 0 Å². The van der Waals surface area contributed by atoms with E-state index in [1.165, 1.54) is 0 Å². The van der Waals surface area contributed by atoms with Gasteiger partial charge in [-0.25, -0.2) is 4.98 Å². The maximum atomic E-state index is 11.7. The molecule has 1 saturated heterocycles. The molecule has 1 aliphatic rings. The van der Waals surface area contributed by atoms with E-state index in [1.807, 2.05) is 13.0 Å². The molecular weight excluding hydrogens is 246 g/mol. The average molecular weight is 263 g/mol. The summed E-state index contributed by atoms with van der Waals surface area (Å²) in [6.07, 6.45) is 3.50. The second kappa shape index (κ2) is 6.29. The quantitative estimate of drug-likeness (QED) is 0.784. The van der Waals surface area contributed by atoms with E-state index in [2.05, 4.69) is 15.6 Å². The zero-order valence-electron chi connectivity index (χ0n) is 10.8. The fourth-order valence-electron chi connectivity index (χ4n) is 1.87. The number of aryl methyl sites for hydroxylation is 1. The van der Waals surface area contributed by atoms with E-state index in [4.69, 9.17) is 4.74 Å². The number of nitrogens with one attached hydrogen (secondary N) is 2. The Hall–Kier alpha value is -1.95. The van der Waals surface area contributed by atoms with Gasteiger partial charge in [0.15, 0.2) is 0 Å². The number of nitrogens with zero attached hydrogens (tertiary/aromatic N) is 1. The molecule has 0 saturated carbocycles. The number of amides is 2. The summed E-state index contributed by atoms with van der Waals surface area (Å²) in [5, 5.41) is 5.04. The SMILES string of the molecule is Cc1cccnc1NC(=O)C(=O)NC[C@H]1CCCO1. The second-order valence-electron chi connectivity index (χ2n) is 4.47. The number of ether oxygens (including phenoxy) is 1. The maximum absolute atomic E-state index is 11.7. The number of carbonyl (C=O) groups is 2. The molecule has 0 unspecified atom stereocenters. The molecule has 0 aliphatic carbocycles. The minimum Gasteiger partial charge on any atom is -0.376 e. The largest absolute Gasteiger partial charge is 0.376 e. The van der Waals surface area contributed by atoms with Gasteiger partial charge in [0.05, 0.1) is 6.10 Å². The number of hydrogen-bond donors (Lipinski definition) is 2. The zero-order valence-corrected chi connectivity index (χ0v) is 10.8. The van der Waals surface area contributed by atoms with Gasteiger partial charge in [-0.1, -0.05) is 6.07 Å². The van der Waals surface area contributed by atoms with Gasteiger partial charge in [-0.15, -0.1) is 0 Å². The van der Waals surface area contributed by atoms with E-state index < -0.39 is 11.8 Å². The van der Waals surface area contributed by atoms with Crippen LogP contribution in [0.3, 0.4) is 0 Å². The van der Waals surface area contributed by atoms with Gasteiger partial charge in [0.2, 0.25) is 0 Å². The number of carbonyl (C=O) groups excluding carboxylic acids is 2. The number of pyridine rings is 1. The van der Waals surface area contributed by atoms with Gasteiger partial charge < -0.3 is 15.4 Å². The van der Waals surface area contributed by atoms with Gasteiger partial charge >= 0.3 is 11.8 Å².